The molecule has 2 heterocycles. The van der Waals surface area contributed by atoms with Crippen molar-refractivity contribution in [1.29, 1.82) is 0 Å². The van der Waals surface area contributed by atoms with E-state index in [4.69, 9.17) is 0 Å². The molecule has 1 saturated heterocycles. The molecule has 1 aromatic carbocycles. The molecule has 0 unspecified atom stereocenters. The van der Waals surface area contributed by atoms with Crippen molar-refractivity contribution in [2.75, 3.05) is 26.2 Å². The SMILES string of the molecule is O=C(CNC(=O)CNC(=O)c1cccs1)NCc1ccccc1CN1CCCC1. The highest BCUT2D eigenvalue weighted by molar-refractivity contribution is 7.12. The second-order valence-electron chi connectivity index (χ2n) is 6.97. The van der Waals surface area contributed by atoms with E-state index in [1.807, 2.05) is 18.2 Å². The lowest BCUT2D eigenvalue weighted by Gasteiger charge is -2.17. The van der Waals surface area contributed by atoms with Gasteiger partial charge in [-0.05, 0) is 48.5 Å². The van der Waals surface area contributed by atoms with Crippen molar-refractivity contribution in [2.24, 2.45) is 0 Å². The van der Waals surface area contributed by atoms with Gasteiger partial charge in [0.1, 0.15) is 0 Å². The Bertz CT molecular complexity index is 832. The summed E-state index contributed by atoms with van der Waals surface area (Å²) in [4.78, 5) is 38.7. The molecule has 1 aliphatic rings. The van der Waals surface area contributed by atoms with Gasteiger partial charge in [-0.15, -0.1) is 11.3 Å². The van der Waals surface area contributed by atoms with Gasteiger partial charge in [-0.3, -0.25) is 19.3 Å². The zero-order valence-electron chi connectivity index (χ0n) is 16.3. The van der Waals surface area contributed by atoms with Crippen molar-refractivity contribution < 1.29 is 14.4 Å². The van der Waals surface area contributed by atoms with Crippen LogP contribution in [0.4, 0.5) is 0 Å². The second kappa shape index (κ2) is 10.7. The average molecular weight is 415 g/mol. The predicted octanol–water partition coefficient (Wildman–Crippen LogP) is 1.51. The van der Waals surface area contributed by atoms with Gasteiger partial charge in [0, 0.05) is 13.1 Å². The molecule has 2 aromatic rings. The Balaban J connectivity index is 1.37. The van der Waals surface area contributed by atoms with Crippen molar-refractivity contribution >= 4 is 29.1 Å². The topological polar surface area (TPSA) is 90.5 Å². The molecule has 0 aliphatic carbocycles. The van der Waals surface area contributed by atoms with Gasteiger partial charge in [-0.25, -0.2) is 0 Å². The molecule has 0 radical (unpaired) electrons. The highest BCUT2D eigenvalue weighted by Gasteiger charge is 2.14. The third-order valence-electron chi connectivity index (χ3n) is 4.79. The van der Waals surface area contributed by atoms with Gasteiger partial charge in [-0.2, -0.15) is 0 Å². The Labute approximate surface area is 174 Å². The highest BCUT2D eigenvalue weighted by Crippen LogP contribution is 2.16. The summed E-state index contributed by atoms with van der Waals surface area (Å²) in [5.41, 5.74) is 2.30. The number of hydrogen-bond donors (Lipinski definition) is 3. The van der Waals surface area contributed by atoms with E-state index in [-0.39, 0.29) is 24.9 Å². The predicted molar refractivity (Wildman–Crippen MR) is 112 cm³/mol. The smallest absolute Gasteiger partial charge is 0.261 e. The summed E-state index contributed by atoms with van der Waals surface area (Å²) < 4.78 is 0. The number of carbonyl (C=O) groups excluding carboxylic acids is 3. The maximum Gasteiger partial charge on any atom is 0.261 e. The molecular formula is C21H26N4O3S. The standard InChI is InChI=1S/C21H26N4O3S/c26-19(13-23-20(27)14-24-21(28)18-8-5-11-29-18)22-12-16-6-1-2-7-17(16)15-25-9-3-4-10-25/h1-2,5-8,11H,3-4,9-10,12-15H2,(H,22,26)(H,23,27)(H,24,28). The quantitative estimate of drug-likeness (QED) is 0.580. The number of benzene rings is 1. The molecule has 1 aliphatic heterocycles. The first-order chi connectivity index (χ1) is 14.1. The van der Waals surface area contributed by atoms with Gasteiger partial charge < -0.3 is 16.0 Å². The van der Waals surface area contributed by atoms with Crippen LogP contribution >= 0.6 is 11.3 Å². The molecule has 1 aromatic heterocycles. The summed E-state index contributed by atoms with van der Waals surface area (Å²) in [6, 6.07) is 11.6. The molecule has 0 atom stereocenters. The van der Waals surface area contributed by atoms with E-state index in [9.17, 15) is 14.4 Å². The molecule has 29 heavy (non-hydrogen) atoms. The van der Waals surface area contributed by atoms with Gasteiger partial charge >= 0.3 is 0 Å². The molecule has 3 rings (SSSR count). The summed E-state index contributed by atoms with van der Waals surface area (Å²) in [5, 5.41) is 9.70. The highest BCUT2D eigenvalue weighted by atomic mass is 32.1. The Hall–Kier alpha value is -2.71. The Morgan fingerprint density at radius 3 is 2.28 bits per heavy atom. The van der Waals surface area contributed by atoms with Crippen molar-refractivity contribution in [3.8, 4) is 0 Å². The minimum Gasteiger partial charge on any atom is -0.350 e. The lowest BCUT2D eigenvalue weighted by Crippen LogP contribution is -2.41. The molecular weight excluding hydrogens is 388 g/mol. The van der Waals surface area contributed by atoms with Crippen LogP contribution in [0.5, 0.6) is 0 Å². The van der Waals surface area contributed by atoms with E-state index in [1.54, 1.807) is 17.5 Å². The maximum atomic E-state index is 12.1. The number of nitrogens with zero attached hydrogens (tertiary/aromatic N) is 1. The van der Waals surface area contributed by atoms with Crippen LogP contribution in [0.25, 0.3) is 0 Å². The van der Waals surface area contributed by atoms with Gasteiger partial charge in [0.05, 0.1) is 18.0 Å². The number of carbonyl (C=O) groups is 3. The zero-order valence-corrected chi connectivity index (χ0v) is 17.1. The van der Waals surface area contributed by atoms with Crippen LogP contribution in [0.2, 0.25) is 0 Å². The minimum absolute atomic E-state index is 0.123. The fraction of sp³-hybridized carbons (Fsp3) is 0.381. The molecule has 3 amide bonds. The molecule has 0 spiro atoms. The second-order valence-corrected chi connectivity index (χ2v) is 7.91. The first-order valence-corrected chi connectivity index (χ1v) is 10.6. The van der Waals surface area contributed by atoms with Crippen LogP contribution in [0.15, 0.2) is 41.8 Å². The largest absolute Gasteiger partial charge is 0.350 e. The summed E-state index contributed by atoms with van der Waals surface area (Å²) >= 11 is 1.31. The lowest BCUT2D eigenvalue weighted by atomic mass is 10.1. The Morgan fingerprint density at radius 2 is 1.55 bits per heavy atom. The lowest BCUT2D eigenvalue weighted by molar-refractivity contribution is -0.125. The average Bonchev–Trinajstić information content (AvgIpc) is 3.44. The molecule has 3 N–H and O–H groups in total. The Kier molecular flexibility index (Phi) is 7.77. The fourth-order valence-corrected chi connectivity index (χ4v) is 3.86. The fourth-order valence-electron chi connectivity index (χ4n) is 3.22. The van der Waals surface area contributed by atoms with Crippen LogP contribution in [0.1, 0.15) is 33.6 Å². The summed E-state index contributed by atoms with van der Waals surface area (Å²) in [6.07, 6.45) is 2.48. The molecule has 0 bridgehead atoms. The zero-order chi connectivity index (χ0) is 20.5. The number of hydrogen-bond acceptors (Lipinski definition) is 5. The third kappa shape index (κ3) is 6.69. The van der Waals surface area contributed by atoms with Crippen LogP contribution in [-0.4, -0.2) is 48.8 Å². The van der Waals surface area contributed by atoms with Crippen molar-refractivity contribution in [2.45, 2.75) is 25.9 Å². The van der Waals surface area contributed by atoms with Crippen molar-refractivity contribution in [1.82, 2.24) is 20.9 Å². The van der Waals surface area contributed by atoms with E-state index in [0.717, 1.165) is 25.2 Å². The van der Waals surface area contributed by atoms with Crippen LogP contribution in [0.3, 0.4) is 0 Å². The van der Waals surface area contributed by atoms with Crippen LogP contribution in [-0.2, 0) is 22.7 Å². The minimum atomic E-state index is -0.403. The maximum absolute atomic E-state index is 12.1. The van der Waals surface area contributed by atoms with Gasteiger partial charge in [0.15, 0.2) is 0 Å². The van der Waals surface area contributed by atoms with Crippen molar-refractivity contribution in [3.05, 3.63) is 57.8 Å². The number of likely N-dealkylation sites (tertiary alicyclic amines) is 1. The number of amides is 3. The molecule has 154 valence electrons. The van der Waals surface area contributed by atoms with Gasteiger partial charge in [0.25, 0.3) is 5.91 Å². The normalized spacial score (nSPS) is 13.8. The first kappa shape index (κ1) is 21.0. The Morgan fingerprint density at radius 1 is 0.862 bits per heavy atom. The number of thiophene rings is 1. The summed E-state index contributed by atoms with van der Waals surface area (Å²) in [6.45, 7) is 3.27. The molecule has 0 saturated carbocycles. The van der Waals surface area contributed by atoms with Gasteiger partial charge in [0.2, 0.25) is 11.8 Å². The van der Waals surface area contributed by atoms with Crippen LogP contribution < -0.4 is 16.0 Å². The number of rotatable bonds is 9. The third-order valence-corrected chi connectivity index (χ3v) is 5.66. The first-order valence-electron chi connectivity index (χ1n) is 9.76. The van der Waals surface area contributed by atoms with Crippen LogP contribution in [0, 0.1) is 0 Å². The summed E-state index contributed by atoms with van der Waals surface area (Å²) in [5.74, 6) is -0.965. The van der Waals surface area contributed by atoms with Crippen molar-refractivity contribution in [3.63, 3.8) is 0 Å². The van der Waals surface area contributed by atoms with Gasteiger partial charge in [-0.1, -0.05) is 30.3 Å². The monoisotopic (exact) mass is 414 g/mol. The molecule has 7 nitrogen and oxygen atoms in total. The van der Waals surface area contributed by atoms with E-state index in [0.29, 0.717) is 11.4 Å². The van der Waals surface area contributed by atoms with E-state index < -0.39 is 5.91 Å². The number of nitrogens with one attached hydrogen (secondary N) is 3. The molecule has 1 fully saturated rings. The van der Waals surface area contributed by atoms with E-state index >= 15 is 0 Å². The molecule has 8 heteroatoms. The summed E-state index contributed by atoms with van der Waals surface area (Å²) in [7, 11) is 0. The van der Waals surface area contributed by atoms with E-state index in [2.05, 4.69) is 26.9 Å². The van der Waals surface area contributed by atoms with E-state index in [1.165, 1.54) is 29.7 Å².